The molecule has 1 N–H and O–H groups in total. The molecule has 0 saturated heterocycles. The minimum Gasteiger partial charge on any atom is -0.448 e. The third-order valence-electron chi connectivity index (χ3n) is 2.55. The number of aryl methyl sites for hydroxylation is 2. The number of halogens is 1. The third kappa shape index (κ3) is 3.14. The molecule has 0 spiro atoms. The molecule has 90 valence electrons. The summed E-state index contributed by atoms with van der Waals surface area (Å²) in [5.41, 5.74) is 3.15. The van der Waals surface area contributed by atoms with Crippen LogP contribution >= 0.6 is 15.9 Å². The maximum atomic E-state index is 5.13. The molecule has 0 fully saturated rings. The lowest BCUT2D eigenvalue weighted by Gasteiger charge is -2.04. The van der Waals surface area contributed by atoms with E-state index < -0.39 is 0 Å². The molecule has 0 unspecified atom stereocenters. The highest BCUT2D eigenvalue weighted by molar-refractivity contribution is 9.10. The number of hydrogen-bond acceptors (Lipinski definition) is 4. The molecule has 2 heterocycles. The van der Waals surface area contributed by atoms with Crippen molar-refractivity contribution in [2.75, 3.05) is 0 Å². The van der Waals surface area contributed by atoms with Gasteiger partial charge in [-0.15, -0.1) is 0 Å². The van der Waals surface area contributed by atoms with E-state index in [-0.39, 0.29) is 0 Å². The highest BCUT2D eigenvalue weighted by atomic mass is 79.9. The monoisotopic (exact) mass is 295 g/mol. The number of hydrogen-bond donors (Lipinski definition) is 1. The summed E-state index contributed by atoms with van der Waals surface area (Å²) in [6.45, 7) is 5.38. The van der Waals surface area contributed by atoms with Crippen molar-refractivity contribution in [3.05, 3.63) is 45.8 Å². The van der Waals surface area contributed by atoms with Gasteiger partial charge in [-0.3, -0.25) is 4.98 Å². The van der Waals surface area contributed by atoms with Crippen LogP contribution in [0, 0.1) is 13.8 Å². The highest BCUT2D eigenvalue weighted by Crippen LogP contribution is 2.14. The van der Waals surface area contributed by atoms with Crippen molar-refractivity contribution >= 4 is 15.9 Å². The molecule has 0 radical (unpaired) electrons. The van der Waals surface area contributed by atoms with E-state index in [0.717, 1.165) is 28.2 Å². The van der Waals surface area contributed by atoms with Crippen LogP contribution in [0.1, 0.15) is 22.7 Å². The Morgan fingerprint density at radius 1 is 1.29 bits per heavy atom. The summed E-state index contributed by atoms with van der Waals surface area (Å²) in [6, 6.07) is 2.06. The van der Waals surface area contributed by atoms with Crippen molar-refractivity contribution in [3.8, 4) is 0 Å². The maximum absolute atomic E-state index is 5.13. The van der Waals surface area contributed by atoms with E-state index >= 15 is 0 Å². The van der Waals surface area contributed by atoms with Crippen LogP contribution in [0.4, 0.5) is 0 Å². The molecule has 17 heavy (non-hydrogen) atoms. The van der Waals surface area contributed by atoms with E-state index in [2.05, 4.69) is 44.2 Å². The van der Waals surface area contributed by atoms with Crippen molar-refractivity contribution < 1.29 is 4.42 Å². The predicted molar refractivity (Wildman–Crippen MR) is 68.5 cm³/mol. The molecule has 0 aliphatic rings. The Morgan fingerprint density at radius 2 is 2.12 bits per heavy atom. The fourth-order valence-corrected chi connectivity index (χ4v) is 1.72. The van der Waals surface area contributed by atoms with E-state index in [0.29, 0.717) is 6.54 Å². The van der Waals surface area contributed by atoms with Gasteiger partial charge >= 0.3 is 0 Å². The second-order valence-electron chi connectivity index (χ2n) is 3.88. The quantitative estimate of drug-likeness (QED) is 0.942. The minimum absolute atomic E-state index is 0.694. The Kier molecular flexibility index (Phi) is 3.91. The molecule has 4 nitrogen and oxygen atoms in total. The lowest BCUT2D eigenvalue weighted by atomic mass is 10.2. The number of aromatic nitrogens is 2. The van der Waals surface area contributed by atoms with E-state index in [4.69, 9.17) is 4.42 Å². The average Bonchev–Trinajstić information content (AvgIpc) is 2.70. The van der Waals surface area contributed by atoms with Crippen LogP contribution in [-0.2, 0) is 13.1 Å². The molecule has 0 amide bonds. The van der Waals surface area contributed by atoms with Crippen molar-refractivity contribution in [3.63, 3.8) is 0 Å². The fraction of sp³-hybridized carbons (Fsp3) is 0.333. The fourth-order valence-electron chi connectivity index (χ4n) is 1.50. The van der Waals surface area contributed by atoms with E-state index in [9.17, 15) is 0 Å². The molecule has 0 saturated carbocycles. The van der Waals surface area contributed by atoms with Crippen LogP contribution in [0.25, 0.3) is 0 Å². The zero-order chi connectivity index (χ0) is 12.3. The zero-order valence-corrected chi connectivity index (χ0v) is 11.4. The molecule has 2 rings (SSSR count). The Bertz CT molecular complexity index is 510. The zero-order valence-electron chi connectivity index (χ0n) is 9.83. The number of oxazole rings is 1. The van der Waals surface area contributed by atoms with Crippen LogP contribution in [0.15, 0.2) is 27.5 Å². The largest absolute Gasteiger partial charge is 0.448 e. The highest BCUT2D eigenvalue weighted by Gasteiger charge is 2.03. The summed E-state index contributed by atoms with van der Waals surface area (Å²) >= 11 is 3.43. The van der Waals surface area contributed by atoms with Crippen LogP contribution in [0.3, 0.4) is 0 Å². The van der Waals surface area contributed by atoms with E-state index in [1.807, 2.05) is 13.1 Å². The van der Waals surface area contributed by atoms with Gasteiger partial charge in [0.1, 0.15) is 5.76 Å². The lowest BCUT2D eigenvalue weighted by molar-refractivity contribution is 0.522. The first-order valence-corrected chi connectivity index (χ1v) is 6.17. The maximum Gasteiger partial charge on any atom is 0.181 e. The van der Waals surface area contributed by atoms with Crippen LogP contribution in [0.2, 0.25) is 0 Å². The first-order valence-electron chi connectivity index (χ1n) is 5.37. The number of pyridine rings is 1. The van der Waals surface area contributed by atoms with Crippen molar-refractivity contribution in [1.82, 2.24) is 15.3 Å². The molecule has 2 aromatic rings. The Hall–Kier alpha value is -1.20. The Balaban J connectivity index is 1.90. The molecule has 0 atom stereocenters. The molecule has 0 aliphatic carbocycles. The molecular formula is C12H14BrN3O. The summed E-state index contributed by atoms with van der Waals surface area (Å²) < 4.78 is 6.16. The standard InChI is InChI=1S/C12H14BrN3O/c1-8-3-10(15-5-11(8)13)4-14-6-12-9(2)17-7-16-12/h3,5,7,14H,4,6H2,1-2H3. The molecule has 0 aromatic carbocycles. The Morgan fingerprint density at radius 3 is 2.76 bits per heavy atom. The van der Waals surface area contributed by atoms with Crippen LogP contribution in [0.5, 0.6) is 0 Å². The summed E-state index contributed by atoms with van der Waals surface area (Å²) in [4.78, 5) is 8.45. The van der Waals surface area contributed by atoms with Crippen LogP contribution < -0.4 is 5.32 Å². The van der Waals surface area contributed by atoms with Gasteiger partial charge in [-0.2, -0.15) is 0 Å². The first-order chi connectivity index (χ1) is 8.16. The summed E-state index contributed by atoms with van der Waals surface area (Å²) in [5.74, 6) is 0.859. The average molecular weight is 296 g/mol. The van der Waals surface area contributed by atoms with Gasteiger partial charge in [0.2, 0.25) is 0 Å². The van der Waals surface area contributed by atoms with Gasteiger partial charge < -0.3 is 9.73 Å². The molecular weight excluding hydrogens is 282 g/mol. The van der Waals surface area contributed by atoms with Gasteiger partial charge in [0.05, 0.1) is 11.4 Å². The van der Waals surface area contributed by atoms with Crippen molar-refractivity contribution in [2.24, 2.45) is 0 Å². The van der Waals surface area contributed by atoms with Gasteiger partial charge in [-0.05, 0) is 41.4 Å². The molecule has 0 aliphatic heterocycles. The predicted octanol–water partition coefficient (Wildman–Crippen LogP) is 2.74. The topological polar surface area (TPSA) is 51.0 Å². The molecule has 2 aromatic heterocycles. The Labute approximate surface area is 109 Å². The summed E-state index contributed by atoms with van der Waals surface area (Å²) in [5, 5.41) is 3.29. The van der Waals surface area contributed by atoms with E-state index in [1.165, 1.54) is 12.0 Å². The van der Waals surface area contributed by atoms with Crippen molar-refractivity contribution in [1.29, 1.82) is 0 Å². The van der Waals surface area contributed by atoms with Gasteiger partial charge in [-0.1, -0.05) is 0 Å². The first kappa shape index (κ1) is 12.3. The second-order valence-corrected chi connectivity index (χ2v) is 4.74. The second kappa shape index (κ2) is 5.42. The van der Waals surface area contributed by atoms with Gasteiger partial charge in [-0.25, -0.2) is 4.98 Å². The van der Waals surface area contributed by atoms with E-state index in [1.54, 1.807) is 0 Å². The minimum atomic E-state index is 0.694. The smallest absolute Gasteiger partial charge is 0.181 e. The van der Waals surface area contributed by atoms with Gasteiger partial charge in [0.25, 0.3) is 0 Å². The van der Waals surface area contributed by atoms with Crippen LogP contribution in [-0.4, -0.2) is 9.97 Å². The number of rotatable bonds is 4. The summed E-state index contributed by atoms with van der Waals surface area (Å²) in [6.07, 6.45) is 3.29. The summed E-state index contributed by atoms with van der Waals surface area (Å²) in [7, 11) is 0. The number of nitrogens with zero attached hydrogens (tertiary/aromatic N) is 2. The molecule has 0 bridgehead atoms. The van der Waals surface area contributed by atoms with Gasteiger partial charge in [0.15, 0.2) is 6.39 Å². The third-order valence-corrected chi connectivity index (χ3v) is 3.38. The van der Waals surface area contributed by atoms with Crippen molar-refractivity contribution in [2.45, 2.75) is 26.9 Å². The lowest BCUT2D eigenvalue weighted by Crippen LogP contribution is -2.14. The SMILES string of the molecule is Cc1cc(CNCc2ncoc2C)ncc1Br. The normalized spacial score (nSPS) is 10.8. The van der Waals surface area contributed by atoms with Gasteiger partial charge in [0, 0.05) is 23.8 Å². The number of nitrogens with one attached hydrogen (secondary N) is 1. The molecule has 5 heteroatoms.